The van der Waals surface area contributed by atoms with Gasteiger partial charge in [-0.2, -0.15) is 0 Å². The maximum Gasteiger partial charge on any atom is 0.335 e. The third kappa shape index (κ3) is 3.84. The van der Waals surface area contributed by atoms with Crippen molar-refractivity contribution in [1.29, 1.82) is 0 Å². The van der Waals surface area contributed by atoms with Crippen LogP contribution >= 0.6 is 11.3 Å². The van der Waals surface area contributed by atoms with Crippen molar-refractivity contribution in [3.05, 3.63) is 64.7 Å². The number of hydrogen-bond acceptors (Lipinski definition) is 6. The molecule has 3 aliphatic rings. The van der Waals surface area contributed by atoms with Crippen LogP contribution in [0.2, 0.25) is 0 Å². The first-order chi connectivity index (χ1) is 17.9. The Hall–Kier alpha value is -3.26. The predicted molar refractivity (Wildman–Crippen MR) is 141 cm³/mol. The Labute approximate surface area is 218 Å². The molecule has 0 atom stereocenters. The minimum Gasteiger partial charge on any atom is -0.478 e. The van der Waals surface area contributed by atoms with E-state index >= 15 is 0 Å². The third-order valence-electron chi connectivity index (χ3n) is 8.65. The van der Waals surface area contributed by atoms with E-state index in [-0.39, 0.29) is 11.1 Å². The summed E-state index contributed by atoms with van der Waals surface area (Å²) in [4.78, 5) is 18.1. The molecule has 37 heavy (non-hydrogen) atoms. The van der Waals surface area contributed by atoms with Gasteiger partial charge in [0.25, 0.3) is 0 Å². The molecule has 0 radical (unpaired) electrons. The van der Waals surface area contributed by atoms with Gasteiger partial charge in [-0.05, 0) is 74.5 Å². The number of rotatable bonds is 5. The van der Waals surface area contributed by atoms with Gasteiger partial charge >= 0.3 is 5.97 Å². The number of hydrogen-bond donors (Lipinski definition) is 1. The highest BCUT2D eigenvalue weighted by Gasteiger charge is 2.49. The fraction of sp³-hybridized carbons (Fsp3) is 0.414. The first-order valence-corrected chi connectivity index (χ1v) is 13.9. The van der Waals surface area contributed by atoms with Crippen molar-refractivity contribution in [2.24, 2.45) is 5.41 Å². The van der Waals surface area contributed by atoms with Crippen LogP contribution in [0.4, 0.5) is 9.52 Å². The van der Waals surface area contributed by atoms with E-state index in [1.54, 1.807) is 0 Å². The number of aromatic nitrogens is 2. The number of fused-ring (bicyclic) bond motifs is 1. The molecule has 1 aliphatic heterocycles. The van der Waals surface area contributed by atoms with Crippen molar-refractivity contribution >= 4 is 32.7 Å². The van der Waals surface area contributed by atoms with Gasteiger partial charge in [-0.25, -0.2) is 14.2 Å². The molecule has 190 valence electrons. The van der Waals surface area contributed by atoms with Gasteiger partial charge in [0.1, 0.15) is 17.0 Å². The Morgan fingerprint density at radius 1 is 1.16 bits per heavy atom. The van der Waals surface area contributed by atoms with E-state index in [2.05, 4.69) is 46.2 Å². The Bertz CT molecular complexity index is 1520. The predicted octanol–water partition coefficient (Wildman–Crippen LogP) is 7.14. The number of carboxylic acids is 1. The number of halogens is 1. The highest BCUT2D eigenvalue weighted by atomic mass is 32.1. The number of piperidine rings is 1. The van der Waals surface area contributed by atoms with Crippen molar-refractivity contribution in [3.8, 4) is 11.3 Å². The third-order valence-corrected chi connectivity index (χ3v) is 9.71. The topological polar surface area (TPSA) is 79.5 Å². The molecule has 2 saturated carbocycles. The van der Waals surface area contributed by atoms with Gasteiger partial charge < -0.3 is 14.5 Å². The lowest BCUT2D eigenvalue weighted by atomic mass is 9.55. The second-order valence-electron chi connectivity index (χ2n) is 11.1. The van der Waals surface area contributed by atoms with E-state index in [4.69, 9.17) is 4.52 Å². The smallest absolute Gasteiger partial charge is 0.335 e. The Morgan fingerprint density at radius 2 is 1.92 bits per heavy atom. The average Bonchev–Trinajstić information content (AvgIpc) is 3.47. The summed E-state index contributed by atoms with van der Waals surface area (Å²) in [6.07, 6.45) is 6.84. The van der Waals surface area contributed by atoms with Crippen LogP contribution in [0, 0.1) is 18.2 Å². The Balaban J connectivity index is 1.09. The fourth-order valence-corrected chi connectivity index (χ4v) is 7.45. The maximum absolute atomic E-state index is 14.5. The standard InChI is InChI=1S/C29H28FN3O3S/c1-16-4-2-3-5-20(16)24-23(26(36-32-24)17-6-7-17)19-14-29(15-19)8-10-33(11-9-29)28-31-25-21(30)12-18(27(34)35)13-22(25)37-28/h2-5,12-13,17,19H,6-11,14-15H2,1H3,(H,34,35). The van der Waals surface area contributed by atoms with E-state index in [9.17, 15) is 14.3 Å². The minimum atomic E-state index is -1.13. The van der Waals surface area contributed by atoms with Gasteiger partial charge in [-0.3, -0.25) is 0 Å². The van der Waals surface area contributed by atoms with E-state index in [0.29, 0.717) is 22.0 Å². The number of benzene rings is 2. The molecular weight excluding hydrogens is 489 g/mol. The lowest BCUT2D eigenvalue weighted by molar-refractivity contribution is 0.0675. The zero-order valence-corrected chi connectivity index (χ0v) is 21.5. The molecule has 4 aromatic rings. The summed E-state index contributed by atoms with van der Waals surface area (Å²) < 4.78 is 21.0. The van der Waals surface area contributed by atoms with Gasteiger partial charge in [0.15, 0.2) is 10.9 Å². The average molecular weight is 518 g/mol. The maximum atomic E-state index is 14.5. The molecule has 2 aliphatic carbocycles. The molecule has 0 bridgehead atoms. The van der Waals surface area contributed by atoms with Crippen LogP contribution in [0.1, 0.15) is 77.6 Å². The first kappa shape index (κ1) is 22.9. The number of aryl methyl sites for hydroxylation is 1. The van der Waals surface area contributed by atoms with Gasteiger partial charge in [0.05, 0.1) is 10.3 Å². The number of nitrogens with zero attached hydrogens (tertiary/aromatic N) is 3. The molecule has 0 unspecified atom stereocenters. The molecule has 2 aromatic heterocycles. The normalized spacial score (nSPS) is 19.5. The molecule has 0 amide bonds. The van der Waals surface area contributed by atoms with Crippen LogP contribution in [-0.4, -0.2) is 34.3 Å². The number of aromatic carboxylic acids is 1. The fourth-order valence-electron chi connectivity index (χ4n) is 6.38. The van der Waals surface area contributed by atoms with Crippen molar-refractivity contribution in [2.75, 3.05) is 18.0 Å². The summed E-state index contributed by atoms with van der Waals surface area (Å²) in [6.45, 7) is 3.90. The SMILES string of the molecule is Cc1ccccc1-c1noc(C2CC2)c1C1CC2(CCN(c3nc4c(F)cc(C(=O)O)cc4s3)CC2)C1. The zero-order valence-electron chi connectivity index (χ0n) is 20.7. The lowest BCUT2D eigenvalue weighted by Gasteiger charge is -2.52. The van der Waals surface area contributed by atoms with Crippen LogP contribution < -0.4 is 4.90 Å². The summed E-state index contributed by atoms with van der Waals surface area (Å²) in [5.74, 6) is 0.428. The lowest BCUT2D eigenvalue weighted by Crippen LogP contribution is -2.46. The molecule has 8 heteroatoms. The Kier molecular flexibility index (Phi) is 5.19. The van der Waals surface area contributed by atoms with Gasteiger partial charge in [0, 0.05) is 30.1 Å². The molecule has 7 rings (SSSR count). The Morgan fingerprint density at radius 3 is 2.62 bits per heavy atom. The molecule has 1 saturated heterocycles. The van der Waals surface area contributed by atoms with E-state index < -0.39 is 11.8 Å². The number of anilines is 1. The monoisotopic (exact) mass is 517 g/mol. The summed E-state index contributed by atoms with van der Waals surface area (Å²) in [6, 6.07) is 11.0. The largest absolute Gasteiger partial charge is 0.478 e. The zero-order chi connectivity index (χ0) is 25.3. The minimum absolute atomic E-state index is 0.0392. The van der Waals surface area contributed by atoms with Crippen LogP contribution in [0.5, 0.6) is 0 Å². The quantitative estimate of drug-likeness (QED) is 0.303. The van der Waals surface area contributed by atoms with Crippen LogP contribution in [0.25, 0.3) is 21.5 Å². The van der Waals surface area contributed by atoms with Crippen molar-refractivity contribution < 1.29 is 18.8 Å². The van der Waals surface area contributed by atoms with E-state index in [1.807, 2.05) is 0 Å². The van der Waals surface area contributed by atoms with Crippen LogP contribution in [0.15, 0.2) is 40.9 Å². The van der Waals surface area contributed by atoms with Crippen LogP contribution in [-0.2, 0) is 0 Å². The summed E-state index contributed by atoms with van der Waals surface area (Å²) >= 11 is 1.38. The number of carboxylic acid groups (broad SMARTS) is 1. The molecule has 2 aromatic carbocycles. The molecule has 1 spiro atoms. The van der Waals surface area contributed by atoms with Gasteiger partial charge in [-0.1, -0.05) is 40.8 Å². The second kappa shape index (κ2) is 8.38. The molecule has 6 nitrogen and oxygen atoms in total. The van der Waals surface area contributed by atoms with Gasteiger partial charge in [-0.15, -0.1) is 0 Å². The highest BCUT2D eigenvalue weighted by molar-refractivity contribution is 7.22. The summed E-state index contributed by atoms with van der Waals surface area (Å²) in [7, 11) is 0. The van der Waals surface area contributed by atoms with Crippen molar-refractivity contribution in [3.63, 3.8) is 0 Å². The van der Waals surface area contributed by atoms with Crippen LogP contribution in [0.3, 0.4) is 0 Å². The number of carbonyl (C=O) groups is 1. The van der Waals surface area contributed by atoms with E-state index in [1.165, 1.54) is 46.9 Å². The first-order valence-electron chi connectivity index (χ1n) is 13.0. The summed E-state index contributed by atoms with van der Waals surface area (Å²) in [5.41, 5.74) is 5.33. The number of thiazole rings is 1. The molecule has 1 N–H and O–H groups in total. The molecule has 3 heterocycles. The van der Waals surface area contributed by atoms with Crippen molar-refractivity contribution in [2.45, 2.75) is 57.3 Å². The van der Waals surface area contributed by atoms with Gasteiger partial charge in [0.2, 0.25) is 0 Å². The van der Waals surface area contributed by atoms with E-state index in [0.717, 1.165) is 61.4 Å². The second-order valence-corrected chi connectivity index (χ2v) is 12.1. The summed E-state index contributed by atoms with van der Waals surface area (Å²) in [5, 5.41) is 14.6. The molecular formula is C29H28FN3O3S. The molecule has 3 fully saturated rings. The van der Waals surface area contributed by atoms with Crippen molar-refractivity contribution in [1.82, 2.24) is 10.1 Å². The highest BCUT2D eigenvalue weighted by Crippen LogP contribution is 2.60.